The van der Waals surface area contributed by atoms with E-state index in [0.29, 0.717) is 0 Å². The van der Waals surface area contributed by atoms with Gasteiger partial charge in [0.2, 0.25) is 0 Å². The Morgan fingerprint density at radius 2 is 1.79 bits per heavy atom. The standard InChI is InChI=1S/C16H19FN2/c1-11-3-5-13(6-4-11)10-16(19-18)15-8-7-14(17)9-12(15)2/h3-9,16,19H,10,18H2,1-2H3. The molecule has 0 aromatic heterocycles. The van der Waals surface area contributed by atoms with Crippen LogP contribution in [0.15, 0.2) is 42.5 Å². The maximum absolute atomic E-state index is 13.1. The van der Waals surface area contributed by atoms with Crippen molar-refractivity contribution < 1.29 is 4.39 Å². The number of hydrogen-bond donors (Lipinski definition) is 2. The third kappa shape index (κ3) is 3.40. The van der Waals surface area contributed by atoms with Crippen LogP contribution in [0, 0.1) is 19.7 Å². The Hall–Kier alpha value is -1.71. The van der Waals surface area contributed by atoms with Crippen LogP contribution in [0.4, 0.5) is 4.39 Å². The number of rotatable bonds is 4. The molecule has 3 heteroatoms. The summed E-state index contributed by atoms with van der Waals surface area (Å²) in [7, 11) is 0. The summed E-state index contributed by atoms with van der Waals surface area (Å²) in [5, 5.41) is 0. The topological polar surface area (TPSA) is 38.0 Å². The minimum atomic E-state index is -0.215. The Morgan fingerprint density at radius 1 is 1.11 bits per heavy atom. The van der Waals surface area contributed by atoms with Crippen LogP contribution in [0.25, 0.3) is 0 Å². The molecule has 2 aromatic carbocycles. The summed E-state index contributed by atoms with van der Waals surface area (Å²) >= 11 is 0. The zero-order chi connectivity index (χ0) is 13.8. The van der Waals surface area contributed by atoms with Crippen molar-refractivity contribution in [3.63, 3.8) is 0 Å². The lowest BCUT2D eigenvalue weighted by Gasteiger charge is -2.19. The highest BCUT2D eigenvalue weighted by molar-refractivity contribution is 5.31. The third-order valence-corrected chi connectivity index (χ3v) is 3.37. The van der Waals surface area contributed by atoms with Crippen molar-refractivity contribution in [2.24, 2.45) is 5.84 Å². The van der Waals surface area contributed by atoms with Gasteiger partial charge in [0, 0.05) is 0 Å². The number of aryl methyl sites for hydroxylation is 2. The SMILES string of the molecule is Cc1ccc(CC(NN)c2ccc(F)cc2C)cc1. The maximum Gasteiger partial charge on any atom is 0.123 e. The molecular formula is C16H19FN2. The summed E-state index contributed by atoms with van der Waals surface area (Å²) < 4.78 is 13.1. The number of hydrogen-bond acceptors (Lipinski definition) is 2. The van der Waals surface area contributed by atoms with Crippen LogP contribution < -0.4 is 11.3 Å². The number of benzene rings is 2. The predicted molar refractivity (Wildman–Crippen MR) is 76.1 cm³/mol. The van der Waals surface area contributed by atoms with Crippen molar-refractivity contribution in [3.05, 3.63) is 70.5 Å². The first-order chi connectivity index (χ1) is 9.10. The smallest absolute Gasteiger partial charge is 0.123 e. The molecule has 0 saturated heterocycles. The first-order valence-corrected chi connectivity index (χ1v) is 6.38. The average Bonchev–Trinajstić information content (AvgIpc) is 2.39. The molecule has 3 N–H and O–H groups in total. The minimum absolute atomic E-state index is 0.0108. The van der Waals surface area contributed by atoms with Gasteiger partial charge in [0.05, 0.1) is 6.04 Å². The second kappa shape index (κ2) is 5.95. The van der Waals surface area contributed by atoms with Gasteiger partial charge in [0.1, 0.15) is 5.82 Å². The quantitative estimate of drug-likeness (QED) is 0.653. The lowest BCUT2D eigenvalue weighted by molar-refractivity contribution is 0.546. The molecule has 1 unspecified atom stereocenters. The average molecular weight is 258 g/mol. The van der Waals surface area contributed by atoms with Gasteiger partial charge < -0.3 is 0 Å². The molecule has 0 amide bonds. The van der Waals surface area contributed by atoms with E-state index in [0.717, 1.165) is 17.5 Å². The molecule has 2 aromatic rings. The van der Waals surface area contributed by atoms with Gasteiger partial charge in [-0.05, 0) is 49.1 Å². The third-order valence-electron chi connectivity index (χ3n) is 3.37. The van der Waals surface area contributed by atoms with Gasteiger partial charge in [-0.25, -0.2) is 4.39 Å². The summed E-state index contributed by atoms with van der Waals surface area (Å²) in [5.74, 6) is 5.43. The van der Waals surface area contributed by atoms with Crippen molar-refractivity contribution in [2.45, 2.75) is 26.3 Å². The fourth-order valence-electron chi connectivity index (χ4n) is 2.25. The zero-order valence-corrected chi connectivity index (χ0v) is 11.3. The monoisotopic (exact) mass is 258 g/mol. The van der Waals surface area contributed by atoms with Crippen LogP contribution in [-0.2, 0) is 6.42 Å². The minimum Gasteiger partial charge on any atom is -0.271 e. The van der Waals surface area contributed by atoms with Crippen molar-refractivity contribution in [1.82, 2.24) is 5.43 Å². The molecular weight excluding hydrogens is 239 g/mol. The van der Waals surface area contributed by atoms with E-state index in [2.05, 4.69) is 36.6 Å². The van der Waals surface area contributed by atoms with E-state index >= 15 is 0 Å². The van der Waals surface area contributed by atoms with Gasteiger partial charge in [-0.2, -0.15) is 0 Å². The number of nitrogens with one attached hydrogen (secondary N) is 1. The first-order valence-electron chi connectivity index (χ1n) is 6.38. The van der Waals surface area contributed by atoms with E-state index in [4.69, 9.17) is 5.84 Å². The Labute approximate surface area is 113 Å². The molecule has 0 heterocycles. The molecule has 1 atom stereocenters. The number of nitrogens with two attached hydrogens (primary N) is 1. The molecule has 0 radical (unpaired) electrons. The number of hydrazine groups is 1. The molecule has 0 aliphatic carbocycles. The van der Waals surface area contributed by atoms with Gasteiger partial charge in [0.25, 0.3) is 0 Å². The van der Waals surface area contributed by atoms with Crippen LogP contribution in [0.1, 0.15) is 28.3 Å². The van der Waals surface area contributed by atoms with Crippen LogP contribution in [0.3, 0.4) is 0 Å². The molecule has 0 spiro atoms. The summed E-state index contributed by atoms with van der Waals surface area (Å²) in [6.07, 6.45) is 0.781. The van der Waals surface area contributed by atoms with Gasteiger partial charge in [-0.15, -0.1) is 0 Å². The molecule has 2 nitrogen and oxygen atoms in total. The highest BCUT2D eigenvalue weighted by atomic mass is 19.1. The van der Waals surface area contributed by atoms with Crippen molar-refractivity contribution >= 4 is 0 Å². The second-order valence-electron chi connectivity index (χ2n) is 4.91. The van der Waals surface area contributed by atoms with E-state index in [-0.39, 0.29) is 11.9 Å². The van der Waals surface area contributed by atoms with E-state index < -0.39 is 0 Å². The molecule has 19 heavy (non-hydrogen) atoms. The lowest BCUT2D eigenvalue weighted by Crippen LogP contribution is -2.30. The largest absolute Gasteiger partial charge is 0.271 e. The first kappa shape index (κ1) is 13.7. The number of halogens is 1. The molecule has 0 aliphatic heterocycles. The van der Waals surface area contributed by atoms with Crippen molar-refractivity contribution in [2.75, 3.05) is 0 Å². The van der Waals surface area contributed by atoms with E-state index in [1.54, 1.807) is 6.07 Å². The summed E-state index contributed by atoms with van der Waals surface area (Å²) in [5.41, 5.74) is 7.20. The van der Waals surface area contributed by atoms with Gasteiger partial charge in [-0.1, -0.05) is 35.9 Å². The normalized spacial score (nSPS) is 12.4. The van der Waals surface area contributed by atoms with Gasteiger partial charge in [-0.3, -0.25) is 11.3 Å². The van der Waals surface area contributed by atoms with Crippen LogP contribution >= 0.6 is 0 Å². The molecule has 0 fully saturated rings. The fourth-order valence-corrected chi connectivity index (χ4v) is 2.25. The van der Waals surface area contributed by atoms with E-state index in [1.165, 1.54) is 23.3 Å². The highest BCUT2D eigenvalue weighted by Crippen LogP contribution is 2.22. The Balaban J connectivity index is 2.22. The highest BCUT2D eigenvalue weighted by Gasteiger charge is 2.13. The van der Waals surface area contributed by atoms with Crippen molar-refractivity contribution in [1.29, 1.82) is 0 Å². The summed E-state index contributed by atoms with van der Waals surface area (Å²) in [4.78, 5) is 0. The maximum atomic E-state index is 13.1. The zero-order valence-electron chi connectivity index (χ0n) is 11.3. The summed E-state index contributed by atoms with van der Waals surface area (Å²) in [6, 6.07) is 13.2. The molecule has 0 aliphatic rings. The van der Waals surface area contributed by atoms with Crippen molar-refractivity contribution in [3.8, 4) is 0 Å². The van der Waals surface area contributed by atoms with Gasteiger partial charge >= 0.3 is 0 Å². The van der Waals surface area contributed by atoms with Crippen LogP contribution in [-0.4, -0.2) is 0 Å². The molecule has 0 saturated carbocycles. The molecule has 0 bridgehead atoms. The van der Waals surface area contributed by atoms with Gasteiger partial charge in [0.15, 0.2) is 0 Å². The van der Waals surface area contributed by atoms with Crippen LogP contribution in [0.5, 0.6) is 0 Å². The molecule has 100 valence electrons. The Morgan fingerprint density at radius 3 is 2.37 bits per heavy atom. The summed E-state index contributed by atoms with van der Waals surface area (Å²) in [6.45, 7) is 3.96. The lowest BCUT2D eigenvalue weighted by atomic mass is 9.95. The fraction of sp³-hybridized carbons (Fsp3) is 0.250. The van der Waals surface area contributed by atoms with E-state index in [1.807, 2.05) is 6.92 Å². The van der Waals surface area contributed by atoms with E-state index in [9.17, 15) is 4.39 Å². The second-order valence-corrected chi connectivity index (χ2v) is 4.91. The predicted octanol–water partition coefficient (Wildman–Crippen LogP) is 3.19. The van der Waals surface area contributed by atoms with Crippen LogP contribution in [0.2, 0.25) is 0 Å². The Bertz CT molecular complexity index is 549. The Kier molecular flexibility index (Phi) is 4.30. The molecule has 2 rings (SSSR count).